The van der Waals surface area contributed by atoms with Crippen LogP contribution in [0.4, 0.5) is 0 Å². The van der Waals surface area contributed by atoms with E-state index < -0.39 is 5.97 Å². The summed E-state index contributed by atoms with van der Waals surface area (Å²) in [5.41, 5.74) is 2.48. The molecule has 1 aromatic carbocycles. The van der Waals surface area contributed by atoms with Crippen molar-refractivity contribution in [2.45, 2.75) is 77.2 Å². The average molecular weight is 332 g/mol. The maximum absolute atomic E-state index is 10.5. The van der Waals surface area contributed by atoms with E-state index in [0.29, 0.717) is 0 Å². The van der Waals surface area contributed by atoms with Crippen LogP contribution in [0.3, 0.4) is 0 Å². The molecule has 0 saturated heterocycles. The van der Waals surface area contributed by atoms with Crippen LogP contribution in [0, 0.1) is 0 Å². The largest absolute Gasteiger partial charge is 0.481 e. The number of hydrogen-bond donors (Lipinski definition) is 2. The second-order valence-electron chi connectivity index (χ2n) is 6.43. The quantitative estimate of drug-likeness (QED) is 0.487. The molecule has 0 radical (unpaired) electrons. The normalized spacial score (nSPS) is 12.6. The summed E-state index contributed by atoms with van der Waals surface area (Å²) >= 11 is 0. The zero-order valence-corrected chi connectivity index (χ0v) is 14.9. The van der Waals surface area contributed by atoms with Gasteiger partial charge in [0.2, 0.25) is 0 Å². The Balaban J connectivity index is 2.39. The van der Waals surface area contributed by atoms with Crippen LogP contribution in [0.15, 0.2) is 30.3 Å². The molecular weight excluding hydrogens is 300 g/mol. The monoisotopic (exact) mass is 332 g/mol. The van der Waals surface area contributed by atoms with E-state index in [1.54, 1.807) is 0 Å². The van der Waals surface area contributed by atoms with E-state index in [1.165, 1.54) is 24.0 Å². The van der Waals surface area contributed by atoms with E-state index in [2.05, 4.69) is 25.1 Å². The van der Waals surface area contributed by atoms with Crippen molar-refractivity contribution < 1.29 is 15.0 Å². The summed E-state index contributed by atoms with van der Waals surface area (Å²) in [6.07, 6.45) is 13.0. The molecule has 1 atom stereocenters. The number of carboxylic acids is 1. The molecule has 0 aromatic heterocycles. The van der Waals surface area contributed by atoms with Gasteiger partial charge in [-0.1, -0.05) is 75.4 Å². The molecule has 0 saturated carbocycles. The van der Waals surface area contributed by atoms with Crippen LogP contribution in [-0.2, 0) is 11.2 Å². The van der Waals surface area contributed by atoms with Gasteiger partial charge in [-0.25, -0.2) is 0 Å². The number of benzene rings is 1. The highest BCUT2D eigenvalue weighted by Gasteiger charge is 2.02. The number of aliphatic hydroxyl groups is 1. The standard InChI is InChI=1S/C21H32O3/c1-2-3-6-14-20(22)17-16-19-13-10-9-12-18(19)11-7-4-5-8-15-21(23)24/h9-10,12-13,16-17,20,22H,2-8,11,14-15H2,1H3,(H,23,24)/b17-16+. The lowest BCUT2D eigenvalue weighted by molar-refractivity contribution is -0.137. The number of aliphatic carboxylic acids is 1. The first-order valence-corrected chi connectivity index (χ1v) is 9.29. The summed E-state index contributed by atoms with van der Waals surface area (Å²) in [4.78, 5) is 10.5. The van der Waals surface area contributed by atoms with E-state index in [-0.39, 0.29) is 12.5 Å². The van der Waals surface area contributed by atoms with Crippen LogP contribution in [0.1, 0.15) is 75.8 Å². The molecule has 3 nitrogen and oxygen atoms in total. The van der Waals surface area contributed by atoms with Crippen molar-refractivity contribution in [2.75, 3.05) is 0 Å². The van der Waals surface area contributed by atoms with E-state index in [9.17, 15) is 9.90 Å². The Morgan fingerprint density at radius 1 is 1.08 bits per heavy atom. The van der Waals surface area contributed by atoms with Gasteiger partial charge in [0.05, 0.1) is 6.10 Å². The van der Waals surface area contributed by atoms with Crippen molar-refractivity contribution in [1.82, 2.24) is 0 Å². The van der Waals surface area contributed by atoms with E-state index in [1.807, 2.05) is 18.2 Å². The smallest absolute Gasteiger partial charge is 0.303 e. The molecule has 0 aliphatic heterocycles. The van der Waals surface area contributed by atoms with Gasteiger partial charge >= 0.3 is 5.97 Å². The predicted octanol–water partition coefficient (Wildman–Crippen LogP) is 5.22. The van der Waals surface area contributed by atoms with Gasteiger partial charge in [-0.2, -0.15) is 0 Å². The van der Waals surface area contributed by atoms with E-state index in [0.717, 1.165) is 44.9 Å². The van der Waals surface area contributed by atoms with Crippen LogP contribution in [-0.4, -0.2) is 22.3 Å². The molecule has 0 aliphatic carbocycles. The maximum Gasteiger partial charge on any atom is 0.303 e. The summed E-state index contributed by atoms with van der Waals surface area (Å²) in [5.74, 6) is -0.706. The number of carboxylic acid groups (broad SMARTS) is 1. The van der Waals surface area contributed by atoms with Crippen LogP contribution < -0.4 is 0 Å². The van der Waals surface area contributed by atoms with E-state index >= 15 is 0 Å². The number of carbonyl (C=O) groups is 1. The summed E-state index contributed by atoms with van der Waals surface area (Å²) in [7, 11) is 0. The van der Waals surface area contributed by atoms with Crippen molar-refractivity contribution in [3.63, 3.8) is 0 Å². The molecule has 134 valence electrons. The van der Waals surface area contributed by atoms with Gasteiger partial charge in [-0.15, -0.1) is 0 Å². The predicted molar refractivity (Wildman–Crippen MR) is 100 cm³/mol. The molecule has 0 spiro atoms. The Kier molecular flexibility index (Phi) is 10.9. The minimum atomic E-state index is -0.706. The number of rotatable bonds is 13. The first-order chi connectivity index (χ1) is 11.6. The second kappa shape index (κ2) is 12.8. The summed E-state index contributed by atoms with van der Waals surface area (Å²) in [6, 6.07) is 8.31. The van der Waals surface area contributed by atoms with Crippen molar-refractivity contribution in [1.29, 1.82) is 0 Å². The molecule has 2 N–H and O–H groups in total. The molecule has 1 unspecified atom stereocenters. The Labute approximate surface area is 146 Å². The van der Waals surface area contributed by atoms with Crippen LogP contribution in [0.2, 0.25) is 0 Å². The fourth-order valence-electron chi connectivity index (χ4n) is 2.78. The third-order valence-corrected chi connectivity index (χ3v) is 4.24. The first kappa shape index (κ1) is 20.4. The molecule has 3 heteroatoms. The Morgan fingerprint density at radius 3 is 2.58 bits per heavy atom. The lowest BCUT2D eigenvalue weighted by Gasteiger charge is -2.08. The summed E-state index contributed by atoms with van der Waals surface area (Å²) in [5, 5.41) is 18.6. The second-order valence-corrected chi connectivity index (χ2v) is 6.43. The fraction of sp³-hybridized carbons (Fsp3) is 0.571. The van der Waals surface area contributed by atoms with Crippen molar-refractivity contribution >= 4 is 12.0 Å². The zero-order chi connectivity index (χ0) is 17.6. The Morgan fingerprint density at radius 2 is 1.83 bits per heavy atom. The number of aryl methyl sites for hydroxylation is 1. The molecule has 1 aromatic rings. The molecule has 24 heavy (non-hydrogen) atoms. The van der Waals surface area contributed by atoms with Gasteiger partial charge in [-0.05, 0) is 36.8 Å². The van der Waals surface area contributed by atoms with Crippen molar-refractivity contribution in [2.24, 2.45) is 0 Å². The fourth-order valence-corrected chi connectivity index (χ4v) is 2.78. The van der Waals surface area contributed by atoms with Crippen molar-refractivity contribution in [3.05, 3.63) is 41.5 Å². The molecular formula is C21H32O3. The summed E-state index contributed by atoms with van der Waals surface area (Å²) in [6.45, 7) is 2.17. The zero-order valence-electron chi connectivity index (χ0n) is 14.9. The van der Waals surface area contributed by atoms with Gasteiger partial charge in [0.1, 0.15) is 0 Å². The van der Waals surface area contributed by atoms with Crippen LogP contribution in [0.5, 0.6) is 0 Å². The van der Waals surface area contributed by atoms with Gasteiger partial charge in [-0.3, -0.25) is 4.79 Å². The molecule has 0 bridgehead atoms. The van der Waals surface area contributed by atoms with E-state index in [4.69, 9.17) is 5.11 Å². The highest BCUT2D eigenvalue weighted by molar-refractivity contribution is 5.66. The van der Waals surface area contributed by atoms with Crippen LogP contribution >= 0.6 is 0 Å². The van der Waals surface area contributed by atoms with Gasteiger partial charge in [0.15, 0.2) is 0 Å². The minimum Gasteiger partial charge on any atom is -0.481 e. The molecule has 0 fully saturated rings. The summed E-state index contributed by atoms with van der Waals surface area (Å²) < 4.78 is 0. The Bertz CT molecular complexity index is 494. The van der Waals surface area contributed by atoms with Crippen molar-refractivity contribution in [3.8, 4) is 0 Å². The minimum absolute atomic E-state index is 0.273. The number of unbranched alkanes of at least 4 members (excludes halogenated alkanes) is 5. The topological polar surface area (TPSA) is 57.5 Å². The Hall–Kier alpha value is -1.61. The highest BCUT2D eigenvalue weighted by Crippen LogP contribution is 2.16. The van der Waals surface area contributed by atoms with Gasteiger partial charge in [0, 0.05) is 6.42 Å². The highest BCUT2D eigenvalue weighted by atomic mass is 16.4. The molecule has 0 amide bonds. The third kappa shape index (κ3) is 9.51. The average Bonchev–Trinajstić information content (AvgIpc) is 2.57. The maximum atomic E-state index is 10.5. The van der Waals surface area contributed by atoms with Gasteiger partial charge < -0.3 is 10.2 Å². The lowest BCUT2D eigenvalue weighted by Crippen LogP contribution is -2.01. The number of hydrogen-bond acceptors (Lipinski definition) is 2. The van der Waals surface area contributed by atoms with Crippen LogP contribution in [0.25, 0.3) is 6.08 Å². The lowest BCUT2D eigenvalue weighted by atomic mass is 9.99. The third-order valence-electron chi connectivity index (χ3n) is 4.24. The molecule has 0 aliphatic rings. The van der Waals surface area contributed by atoms with Gasteiger partial charge in [0.25, 0.3) is 0 Å². The molecule has 1 rings (SSSR count). The first-order valence-electron chi connectivity index (χ1n) is 9.29. The SMILES string of the molecule is CCCCCC(O)/C=C/c1ccccc1CCCCCCC(=O)O. The number of aliphatic hydroxyl groups excluding tert-OH is 1. The molecule has 0 heterocycles.